The van der Waals surface area contributed by atoms with Crippen LogP contribution in [-0.2, 0) is 4.79 Å². The number of nitrogens with one attached hydrogen (secondary N) is 1. The molecule has 0 aromatic heterocycles. The first-order valence-corrected chi connectivity index (χ1v) is 8.43. The lowest BCUT2D eigenvalue weighted by Gasteiger charge is -2.42. The van der Waals surface area contributed by atoms with Crippen LogP contribution in [0.3, 0.4) is 0 Å². The Balaban J connectivity index is 0.00000121. The van der Waals surface area contributed by atoms with E-state index in [2.05, 4.69) is 22.0 Å². The van der Waals surface area contributed by atoms with Gasteiger partial charge in [0.1, 0.15) is 0 Å². The van der Waals surface area contributed by atoms with Gasteiger partial charge in [-0.15, -0.1) is 24.8 Å². The second-order valence-electron chi connectivity index (χ2n) is 7.13. The summed E-state index contributed by atoms with van der Waals surface area (Å²) in [7, 11) is 0. The third kappa shape index (κ3) is 4.28. The van der Waals surface area contributed by atoms with Crippen LogP contribution in [0.25, 0.3) is 0 Å². The minimum atomic E-state index is -0.162. The van der Waals surface area contributed by atoms with Crippen molar-refractivity contribution in [2.24, 2.45) is 5.41 Å². The number of halogens is 2. The second kappa shape index (κ2) is 8.72. The van der Waals surface area contributed by atoms with Gasteiger partial charge in [0.25, 0.3) is 0 Å². The Labute approximate surface area is 147 Å². The second-order valence-corrected chi connectivity index (χ2v) is 7.13. The summed E-state index contributed by atoms with van der Waals surface area (Å²) in [5, 5.41) is 3.40. The van der Waals surface area contributed by atoms with E-state index in [4.69, 9.17) is 0 Å². The molecule has 2 unspecified atom stereocenters. The van der Waals surface area contributed by atoms with Gasteiger partial charge in [-0.2, -0.15) is 0 Å². The maximum Gasteiger partial charge on any atom is 0.229 e. The zero-order valence-corrected chi connectivity index (χ0v) is 15.3. The molecule has 0 aromatic carbocycles. The fourth-order valence-electron chi connectivity index (χ4n) is 4.16. The van der Waals surface area contributed by atoms with Crippen molar-refractivity contribution in [1.82, 2.24) is 15.1 Å². The highest BCUT2D eigenvalue weighted by Crippen LogP contribution is 2.30. The predicted octanol–water partition coefficient (Wildman–Crippen LogP) is 2.31. The monoisotopic (exact) mass is 351 g/mol. The average molecular weight is 352 g/mol. The quantitative estimate of drug-likeness (QED) is 0.828. The first-order chi connectivity index (χ1) is 9.69. The van der Waals surface area contributed by atoms with Crippen molar-refractivity contribution in [1.29, 1.82) is 0 Å². The van der Waals surface area contributed by atoms with Crippen LogP contribution in [0, 0.1) is 5.41 Å². The van der Waals surface area contributed by atoms with Crippen molar-refractivity contribution >= 4 is 30.7 Å². The van der Waals surface area contributed by atoms with Gasteiger partial charge in [0.05, 0.1) is 5.41 Å². The van der Waals surface area contributed by atoms with Crippen molar-refractivity contribution in [3.63, 3.8) is 0 Å². The summed E-state index contributed by atoms with van der Waals surface area (Å²) in [6.07, 6.45) is 7.31. The van der Waals surface area contributed by atoms with Gasteiger partial charge in [0.15, 0.2) is 0 Å². The van der Waals surface area contributed by atoms with Gasteiger partial charge in [-0.1, -0.05) is 0 Å². The van der Waals surface area contributed by atoms with Crippen LogP contribution in [0.2, 0.25) is 0 Å². The highest BCUT2D eigenvalue weighted by atomic mass is 35.5. The number of rotatable bonds is 2. The maximum atomic E-state index is 12.9. The lowest BCUT2D eigenvalue weighted by molar-refractivity contribution is -0.144. The molecule has 3 saturated heterocycles. The Morgan fingerprint density at radius 1 is 1.09 bits per heavy atom. The van der Waals surface area contributed by atoms with Crippen molar-refractivity contribution in [2.45, 2.75) is 51.5 Å². The summed E-state index contributed by atoms with van der Waals surface area (Å²) in [5.74, 6) is 0.397. The average Bonchev–Trinajstić information content (AvgIpc) is 3.02. The summed E-state index contributed by atoms with van der Waals surface area (Å²) < 4.78 is 0. The molecule has 3 aliphatic heterocycles. The molecule has 4 nitrogen and oxygen atoms in total. The molecule has 3 rings (SSSR count). The molecule has 3 aliphatic rings. The number of amides is 1. The Bertz CT molecular complexity index is 355. The van der Waals surface area contributed by atoms with E-state index in [-0.39, 0.29) is 30.2 Å². The van der Waals surface area contributed by atoms with Crippen molar-refractivity contribution in [3.8, 4) is 0 Å². The van der Waals surface area contributed by atoms with Crippen molar-refractivity contribution < 1.29 is 4.79 Å². The summed E-state index contributed by atoms with van der Waals surface area (Å²) in [6.45, 7) is 8.50. The normalized spacial score (nSPS) is 33.0. The lowest BCUT2D eigenvalue weighted by atomic mass is 9.81. The minimum absolute atomic E-state index is 0. The molecule has 3 fully saturated rings. The predicted molar refractivity (Wildman–Crippen MR) is 95.1 cm³/mol. The third-order valence-electron chi connectivity index (χ3n) is 5.45. The van der Waals surface area contributed by atoms with E-state index in [0.29, 0.717) is 11.9 Å². The van der Waals surface area contributed by atoms with E-state index in [0.717, 1.165) is 39.0 Å². The standard InChI is InChI=1S/C16H29N3O.2ClH/c1-16(7-5-8-17-13-16)15(20)19-11-4-6-14(12-19)18-9-2-3-10-18;;/h14,17H,2-13H2,1H3;2*1H. The van der Waals surface area contributed by atoms with E-state index >= 15 is 0 Å². The number of likely N-dealkylation sites (tertiary alicyclic amines) is 2. The fourth-order valence-corrected chi connectivity index (χ4v) is 4.16. The SMILES string of the molecule is CC1(C(=O)N2CCCC(N3CCCC3)C2)CCCNC1.Cl.Cl. The summed E-state index contributed by atoms with van der Waals surface area (Å²) in [6, 6.07) is 0.621. The molecule has 0 saturated carbocycles. The van der Waals surface area contributed by atoms with Crippen LogP contribution >= 0.6 is 24.8 Å². The molecule has 1 N–H and O–H groups in total. The van der Waals surface area contributed by atoms with E-state index in [9.17, 15) is 4.79 Å². The van der Waals surface area contributed by atoms with Crippen LogP contribution in [0.4, 0.5) is 0 Å². The first kappa shape index (κ1) is 20.0. The Kier molecular flexibility index (Phi) is 7.93. The number of carbonyl (C=O) groups is 1. The molecule has 0 bridgehead atoms. The molecule has 6 heteroatoms. The van der Waals surface area contributed by atoms with E-state index in [1.54, 1.807) is 0 Å². The Morgan fingerprint density at radius 3 is 2.45 bits per heavy atom. The zero-order valence-electron chi connectivity index (χ0n) is 13.7. The van der Waals surface area contributed by atoms with Gasteiger partial charge >= 0.3 is 0 Å². The summed E-state index contributed by atoms with van der Waals surface area (Å²) in [5.41, 5.74) is -0.162. The highest BCUT2D eigenvalue weighted by Gasteiger charge is 2.39. The van der Waals surface area contributed by atoms with Crippen LogP contribution in [0.15, 0.2) is 0 Å². The Morgan fingerprint density at radius 2 is 1.82 bits per heavy atom. The lowest BCUT2D eigenvalue weighted by Crippen LogP contribution is -2.55. The van der Waals surface area contributed by atoms with Gasteiger partial charge in [0.2, 0.25) is 5.91 Å². The molecule has 0 aliphatic carbocycles. The van der Waals surface area contributed by atoms with Gasteiger partial charge in [-0.25, -0.2) is 0 Å². The molecule has 3 heterocycles. The van der Waals surface area contributed by atoms with E-state index in [1.807, 2.05) is 0 Å². The Hall–Kier alpha value is -0.0300. The summed E-state index contributed by atoms with van der Waals surface area (Å²) in [4.78, 5) is 17.7. The molecule has 0 aromatic rings. The topological polar surface area (TPSA) is 35.6 Å². The van der Waals surface area contributed by atoms with Crippen LogP contribution in [0.1, 0.15) is 45.4 Å². The molecule has 130 valence electrons. The molecule has 22 heavy (non-hydrogen) atoms. The van der Waals surface area contributed by atoms with E-state index < -0.39 is 0 Å². The largest absolute Gasteiger partial charge is 0.341 e. The van der Waals surface area contributed by atoms with Gasteiger partial charge in [-0.05, 0) is 65.1 Å². The number of nitrogens with zero attached hydrogens (tertiary/aromatic N) is 2. The van der Waals surface area contributed by atoms with Crippen LogP contribution in [0.5, 0.6) is 0 Å². The first-order valence-electron chi connectivity index (χ1n) is 8.43. The maximum absolute atomic E-state index is 12.9. The van der Waals surface area contributed by atoms with Gasteiger partial charge in [0, 0.05) is 25.7 Å². The zero-order chi connectivity index (χ0) is 14.0. The number of piperidine rings is 2. The highest BCUT2D eigenvalue weighted by molar-refractivity contribution is 5.85. The van der Waals surface area contributed by atoms with Gasteiger partial charge < -0.3 is 10.2 Å². The molecule has 0 spiro atoms. The van der Waals surface area contributed by atoms with Crippen LogP contribution < -0.4 is 5.32 Å². The molecule has 2 atom stereocenters. The molecule has 1 amide bonds. The van der Waals surface area contributed by atoms with Gasteiger partial charge in [-0.3, -0.25) is 9.69 Å². The number of carbonyl (C=O) groups excluding carboxylic acids is 1. The molecular weight excluding hydrogens is 321 g/mol. The van der Waals surface area contributed by atoms with E-state index in [1.165, 1.54) is 38.8 Å². The van der Waals surface area contributed by atoms with Crippen molar-refractivity contribution in [2.75, 3.05) is 39.3 Å². The smallest absolute Gasteiger partial charge is 0.229 e. The molecular formula is C16H31Cl2N3O. The van der Waals surface area contributed by atoms with Crippen molar-refractivity contribution in [3.05, 3.63) is 0 Å². The summed E-state index contributed by atoms with van der Waals surface area (Å²) >= 11 is 0. The van der Waals surface area contributed by atoms with Crippen LogP contribution in [-0.4, -0.2) is 61.0 Å². The fraction of sp³-hybridized carbons (Fsp3) is 0.938. The molecule has 0 radical (unpaired) electrons. The number of hydrogen-bond donors (Lipinski definition) is 1. The minimum Gasteiger partial charge on any atom is -0.341 e. The number of hydrogen-bond acceptors (Lipinski definition) is 3. The third-order valence-corrected chi connectivity index (χ3v) is 5.45.